The Kier molecular flexibility index (Phi) is 7.68. The fraction of sp³-hybridized carbons (Fsp3) is 0.381. The van der Waals surface area contributed by atoms with E-state index in [-0.39, 0.29) is 5.91 Å². The average Bonchev–Trinajstić information content (AvgIpc) is 3.33. The Hall–Kier alpha value is -2.12. The van der Waals surface area contributed by atoms with Gasteiger partial charge in [-0.3, -0.25) is 4.79 Å². The fourth-order valence-corrected chi connectivity index (χ4v) is 4.65. The molecule has 0 fully saturated rings. The molecule has 5 nitrogen and oxygen atoms in total. The third-order valence-electron chi connectivity index (χ3n) is 4.24. The molecule has 0 aliphatic carbocycles. The highest BCUT2D eigenvalue weighted by atomic mass is 32.2. The van der Waals surface area contributed by atoms with Gasteiger partial charge in [-0.15, -0.1) is 21.5 Å². The molecule has 2 aromatic heterocycles. The van der Waals surface area contributed by atoms with Crippen LogP contribution in [0.15, 0.2) is 46.9 Å². The first-order chi connectivity index (χ1) is 13.7. The number of aromatic nitrogens is 3. The Morgan fingerprint density at radius 3 is 2.75 bits per heavy atom. The van der Waals surface area contributed by atoms with Crippen LogP contribution in [0.5, 0.6) is 0 Å². The molecule has 0 aliphatic heterocycles. The van der Waals surface area contributed by atoms with Crippen LogP contribution in [-0.4, -0.2) is 26.4 Å². The Labute approximate surface area is 174 Å². The molecule has 0 aliphatic rings. The van der Waals surface area contributed by atoms with Crippen molar-refractivity contribution in [1.82, 2.24) is 20.1 Å². The van der Waals surface area contributed by atoms with Crippen molar-refractivity contribution in [2.24, 2.45) is 0 Å². The standard InChI is InChI=1S/C21H26N4OS2/c1-3-8-18-12-17(14-27-18)20-23-24-21(25(20)11-4-2)28-15-19(26)22-13-16-9-6-5-7-10-16/h5-7,9-10,12,14H,3-4,8,11,13,15H2,1-2H3,(H,22,26). The number of aryl methyl sites for hydroxylation is 1. The molecule has 3 aromatic rings. The Morgan fingerprint density at radius 1 is 1.18 bits per heavy atom. The van der Waals surface area contributed by atoms with Gasteiger partial charge >= 0.3 is 0 Å². The smallest absolute Gasteiger partial charge is 0.230 e. The fourth-order valence-electron chi connectivity index (χ4n) is 2.89. The van der Waals surface area contributed by atoms with Crippen LogP contribution < -0.4 is 5.32 Å². The summed E-state index contributed by atoms with van der Waals surface area (Å²) >= 11 is 3.22. The van der Waals surface area contributed by atoms with E-state index >= 15 is 0 Å². The van der Waals surface area contributed by atoms with Gasteiger partial charge in [0.05, 0.1) is 5.75 Å². The molecule has 0 atom stereocenters. The summed E-state index contributed by atoms with van der Waals surface area (Å²) in [6.07, 6.45) is 3.22. The molecule has 0 saturated heterocycles. The van der Waals surface area contributed by atoms with Crippen LogP contribution in [0.2, 0.25) is 0 Å². The van der Waals surface area contributed by atoms with E-state index in [1.54, 1.807) is 11.3 Å². The number of hydrogen-bond acceptors (Lipinski definition) is 5. The summed E-state index contributed by atoms with van der Waals surface area (Å²) in [5.74, 6) is 1.23. The molecule has 2 heterocycles. The van der Waals surface area contributed by atoms with Gasteiger partial charge in [-0.2, -0.15) is 0 Å². The number of nitrogens with zero attached hydrogens (tertiary/aromatic N) is 3. The van der Waals surface area contributed by atoms with E-state index in [1.807, 2.05) is 30.3 Å². The lowest BCUT2D eigenvalue weighted by Crippen LogP contribution is -2.24. The van der Waals surface area contributed by atoms with Gasteiger partial charge < -0.3 is 9.88 Å². The monoisotopic (exact) mass is 414 g/mol. The first kappa shape index (κ1) is 20.6. The van der Waals surface area contributed by atoms with Gasteiger partial charge in [0.25, 0.3) is 0 Å². The summed E-state index contributed by atoms with van der Waals surface area (Å²) in [6.45, 7) is 5.72. The van der Waals surface area contributed by atoms with Crippen molar-refractivity contribution in [1.29, 1.82) is 0 Å². The molecular formula is C21H26N4OS2. The van der Waals surface area contributed by atoms with Crippen LogP contribution in [0.25, 0.3) is 11.4 Å². The van der Waals surface area contributed by atoms with E-state index < -0.39 is 0 Å². The van der Waals surface area contributed by atoms with E-state index in [2.05, 4.69) is 45.4 Å². The largest absolute Gasteiger partial charge is 0.351 e. The Balaban J connectivity index is 1.63. The second-order valence-corrected chi connectivity index (χ2v) is 8.50. The predicted molar refractivity (Wildman–Crippen MR) is 117 cm³/mol. The minimum absolute atomic E-state index is 0.00205. The average molecular weight is 415 g/mol. The topological polar surface area (TPSA) is 59.8 Å². The highest BCUT2D eigenvalue weighted by molar-refractivity contribution is 7.99. The van der Waals surface area contributed by atoms with Crippen molar-refractivity contribution in [3.05, 3.63) is 52.2 Å². The zero-order chi connectivity index (χ0) is 19.8. The van der Waals surface area contributed by atoms with Gasteiger partial charge in [0.1, 0.15) is 0 Å². The first-order valence-electron chi connectivity index (χ1n) is 9.65. The Morgan fingerprint density at radius 2 is 2.00 bits per heavy atom. The molecule has 0 spiro atoms. The summed E-state index contributed by atoms with van der Waals surface area (Å²) < 4.78 is 2.13. The van der Waals surface area contributed by atoms with Gasteiger partial charge in [0.15, 0.2) is 11.0 Å². The van der Waals surface area contributed by atoms with Gasteiger partial charge in [-0.25, -0.2) is 0 Å². The normalized spacial score (nSPS) is 10.9. The number of amides is 1. The summed E-state index contributed by atoms with van der Waals surface area (Å²) in [5.41, 5.74) is 2.22. The van der Waals surface area contributed by atoms with E-state index in [9.17, 15) is 4.79 Å². The number of carbonyl (C=O) groups is 1. The maximum absolute atomic E-state index is 12.2. The maximum atomic E-state index is 12.2. The number of nitrogens with one attached hydrogen (secondary N) is 1. The van der Waals surface area contributed by atoms with Crippen LogP contribution in [0, 0.1) is 0 Å². The Bertz CT molecular complexity index is 889. The highest BCUT2D eigenvalue weighted by Gasteiger charge is 2.16. The lowest BCUT2D eigenvalue weighted by Gasteiger charge is -2.08. The van der Waals surface area contributed by atoms with Crippen molar-refractivity contribution < 1.29 is 4.79 Å². The summed E-state index contributed by atoms with van der Waals surface area (Å²) in [6, 6.07) is 12.1. The minimum atomic E-state index is 0.00205. The summed E-state index contributed by atoms with van der Waals surface area (Å²) in [5, 5.41) is 14.7. The quantitative estimate of drug-likeness (QED) is 0.485. The van der Waals surface area contributed by atoms with Crippen LogP contribution in [-0.2, 0) is 24.3 Å². The summed E-state index contributed by atoms with van der Waals surface area (Å²) in [7, 11) is 0. The lowest BCUT2D eigenvalue weighted by atomic mass is 10.2. The van der Waals surface area contributed by atoms with E-state index in [0.29, 0.717) is 12.3 Å². The molecule has 0 radical (unpaired) electrons. The number of thioether (sulfide) groups is 1. The molecule has 1 amide bonds. The van der Waals surface area contributed by atoms with Crippen molar-refractivity contribution in [2.45, 2.75) is 51.4 Å². The molecule has 7 heteroatoms. The molecule has 148 valence electrons. The van der Waals surface area contributed by atoms with Crippen LogP contribution in [0.1, 0.15) is 37.1 Å². The maximum Gasteiger partial charge on any atom is 0.230 e. The van der Waals surface area contributed by atoms with Gasteiger partial charge in [-0.05, 0) is 24.5 Å². The lowest BCUT2D eigenvalue weighted by molar-refractivity contribution is -0.118. The second-order valence-electron chi connectivity index (χ2n) is 6.56. The SMILES string of the molecule is CCCc1cc(-c2nnc(SCC(=O)NCc3ccccc3)n2CCC)cs1. The van der Waals surface area contributed by atoms with Crippen molar-refractivity contribution in [3.8, 4) is 11.4 Å². The molecule has 0 bridgehead atoms. The van der Waals surface area contributed by atoms with Crippen molar-refractivity contribution in [2.75, 3.05) is 5.75 Å². The molecule has 28 heavy (non-hydrogen) atoms. The van der Waals surface area contributed by atoms with Gasteiger partial charge in [0.2, 0.25) is 5.91 Å². The molecule has 1 aromatic carbocycles. The van der Waals surface area contributed by atoms with Gasteiger partial charge in [-0.1, -0.05) is 62.4 Å². The number of hydrogen-bond donors (Lipinski definition) is 1. The second kappa shape index (κ2) is 10.4. The van der Waals surface area contributed by atoms with Crippen LogP contribution in [0.4, 0.5) is 0 Å². The van der Waals surface area contributed by atoms with E-state index in [4.69, 9.17) is 0 Å². The highest BCUT2D eigenvalue weighted by Crippen LogP contribution is 2.28. The molecule has 1 N–H and O–H groups in total. The molecule has 0 unspecified atom stereocenters. The third kappa shape index (κ3) is 5.45. The first-order valence-corrected chi connectivity index (χ1v) is 11.5. The number of thiophene rings is 1. The van der Waals surface area contributed by atoms with Crippen LogP contribution >= 0.6 is 23.1 Å². The van der Waals surface area contributed by atoms with E-state index in [0.717, 1.165) is 47.9 Å². The number of rotatable bonds is 10. The van der Waals surface area contributed by atoms with Crippen molar-refractivity contribution >= 4 is 29.0 Å². The summed E-state index contributed by atoms with van der Waals surface area (Å²) in [4.78, 5) is 13.6. The number of carbonyl (C=O) groups excluding carboxylic acids is 1. The zero-order valence-electron chi connectivity index (χ0n) is 16.4. The molecular weight excluding hydrogens is 388 g/mol. The molecule has 3 rings (SSSR count). The van der Waals surface area contributed by atoms with E-state index in [1.165, 1.54) is 16.6 Å². The van der Waals surface area contributed by atoms with Crippen molar-refractivity contribution in [3.63, 3.8) is 0 Å². The predicted octanol–water partition coefficient (Wildman–Crippen LogP) is 4.78. The number of benzene rings is 1. The molecule has 0 saturated carbocycles. The van der Waals surface area contributed by atoms with Gasteiger partial charge in [0, 0.05) is 28.9 Å². The zero-order valence-corrected chi connectivity index (χ0v) is 18.0. The third-order valence-corrected chi connectivity index (χ3v) is 6.20. The van der Waals surface area contributed by atoms with Crippen LogP contribution in [0.3, 0.4) is 0 Å². The minimum Gasteiger partial charge on any atom is -0.351 e.